The molecule has 0 aliphatic heterocycles. The fraction of sp³-hybridized carbons (Fsp3) is 0.261. The zero-order valence-corrected chi connectivity index (χ0v) is 17.7. The number of esters is 1. The van der Waals surface area contributed by atoms with Crippen LogP contribution in [0.3, 0.4) is 0 Å². The molecule has 7 heteroatoms. The van der Waals surface area contributed by atoms with Crippen molar-refractivity contribution in [3.63, 3.8) is 0 Å². The minimum atomic E-state index is -0.996. The molecule has 3 rings (SSSR count). The van der Waals surface area contributed by atoms with Gasteiger partial charge in [0.15, 0.2) is 5.82 Å². The largest absolute Gasteiger partial charge is 0.444 e. The smallest absolute Gasteiger partial charge is 0.331 e. The second kappa shape index (κ2) is 8.82. The summed E-state index contributed by atoms with van der Waals surface area (Å²) in [7, 11) is 3.25. The van der Waals surface area contributed by atoms with E-state index in [0.717, 1.165) is 22.7 Å². The van der Waals surface area contributed by atoms with Crippen LogP contribution in [0.15, 0.2) is 53.1 Å². The molecule has 0 N–H and O–H groups in total. The highest BCUT2D eigenvalue weighted by Crippen LogP contribution is 2.23. The number of aromatic nitrogens is 2. The second-order valence-corrected chi connectivity index (χ2v) is 7.25. The number of amides is 1. The maximum atomic E-state index is 12.5. The Hall–Kier alpha value is -3.61. The molecule has 3 aromatic rings. The molecule has 0 radical (unpaired) electrons. The molecule has 1 aromatic carbocycles. The summed E-state index contributed by atoms with van der Waals surface area (Å²) in [5.41, 5.74) is 3.34. The van der Waals surface area contributed by atoms with Gasteiger partial charge in [-0.3, -0.25) is 9.36 Å². The molecule has 1 amide bonds. The van der Waals surface area contributed by atoms with E-state index in [4.69, 9.17) is 9.26 Å². The van der Waals surface area contributed by atoms with Crippen LogP contribution in [0.1, 0.15) is 34.4 Å². The molecule has 0 aliphatic carbocycles. The lowest BCUT2D eigenvalue weighted by Gasteiger charge is -2.20. The van der Waals surface area contributed by atoms with Crippen molar-refractivity contribution in [1.82, 2.24) is 14.6 Å². The third kappa shape index (κ3) is 4.51. The fourth-order valence-corrected chi connectivity index (χ4v) is 3.20. The molecule has 30 heavy (non-hydrogen) atoms. The minimum Gasteiger partial charge on any atom is -0.444 e. The molecule has 7 nitrogen and oxygen atoms in total. The van der Waals surface area contributed by atoms with Crippen molar-refractivity contribution in [1.29, 1.82) is 0 Å². The highest BCUT2D eigenvalue weighted by Gasteiger charge is 2.25. The summed E-state index contributed by atoms with van der Waals surface area (Å²) in [5.74, 6) is 0.504. The summed E-state index contributed by atoms with van der Waals surface area (Å²) in [5, 5.41) is 4.06. The Balaban J connectivity index is 1.80. The van der Waals surface area contributed by atoms with Gasteiger partial charge in [-0.1, -0.05) is 35.5 Å². The second-order valence-electron chi connectivity index (χ2n) is 7.25. The van der Waals surface area contributed by atoms with Crippen molar-refractivity contribution in [3.8, 4) is 5.82 Å². The molecule has 156 valence electrons. The van der Waals surface area contributed by atoms with Gasteiger partial charge in [-0.25, -0.2) is 4.79 Å². The van der Waals surface area contributed by atoms with Crippen molar-refractivity contribution < 1.29 is 18.8 Å². The Morgan fingerprint density at radius 1 is 1.13 bits per heavy atom. The van der Waals surface area contributed by atoms with Crippen LogP contribution in [-0.4, -0.2) is 40.6 Å². The predicted octanol–water partition coefficient (Wildman–Crippen LogP) is 3.78. The molecule has 0 aliphatic rings. The van der Waals surface area contributed by atoms with E-state index >= 15 is 0 Å². The predicted molar refractivity (Wildman–Crippen MR) is 113 cm³/mol. The van der Waals surface area contributed by atoms with Gasteiger partial charge in [0.25, 0.3) is 5.91 Å². The van der Waals surface area contributed by atoms with Crippen LogP contribution < -0.4 is 0 Å². The van der Waals surface area contributed by atoms with Crippen molar-refractivity contribution in [2.24, 2.45) is 0 Å². The maximum Gasteiger partial charge on any atom is 0.331 e. The van der Waals surface area contributed by atoms with Gasteiger partial charge in [0.1, 0.15) is 5.76 Å². The van der Waals surface area contributed by atoms with Crippen LogP contribution in [0.5, 0.6) is 0 Å². The number of hydrogen-bond acceptors (Lipinski definition) is 5. The maximum absolute atomic E-state index is 12.5. The molecule has 1 unspecified atom stereocenters. The first-order valence-corrected chi connectivity index (χ1v) is 9.55. The zero-order chi connectivity index (χ0) is 21.8. The van der Waals surface area contributed by atoms with Crippen LogP contribution in [0.4, 0.5) is 0 Å². The SMILES string of the molecule is Cc1cc(-n2c(C)cc(/C=C/C(=O)OC(C(=O)N(C)C)c3ccccc3)c2C)no1. The van der Waals surface area contributed by atoms with E-state index in [2.05, 4.69) is 5.16 Å². The van der Waals surface area contributed by atoms with Gasteiger partial charge in [0.05, 0.1) is 0 Å². The third-order valence-corrected chi connectivity index (χ3v) is 4.72. The summed E-state index contributed by atoms with van der Waals surface area (Å²) >= 11 is 0. The number of hydrogen-bond donors (Lipinski definition) is 0. The quantitative estimate of drug-likeness (QED) is 0.459. The van der Waals surface area contributed by atoms with Crippen LogP contribution in [0, 0.1) is 20.8 Å². The topological polar surface area (TPSA) is 77.6 Å². The standard InChI is InChI=1S/C23H25N3O4/c1-15-13-19(17(3)26(15)20-14-16(2)30-24-20)11-12-21(27)29-22(23(28)25(4)5)18-9-7-6-8-10-18/h6-14,22H,1-5H3/b12-11+. The lowest BCUT2D eigenvalue weighted by atomic mass is 10.1. The third-order valence-electron chi connectivity index (χ3n) is 4.72. The number of carbonyl (C=O) groups excluding carboxylic acids is 2. The number of likely N-dealkylation sites (N-methyl/N-ethyl adjacent to an activating group) is 1. The first kappa shape index (κ1) is 21.1. The monoisotopic (exact) mass is 407 g/mol. The van der Waals surface area contributed by atoms with Crippen molar-refractivity contribution in [3.05, 3.63) is 76.8 Å². The minimum absolute atomic E-state index is 0.303. The molecular weight excluding hydrogens is 382 g/mol. The van der Waals surface area contributed by atoms with Gasteiger partial charge in [-0.2, -0.15) is 0 Å². The first-order chi connectivity index (χ1) is 14.3. The van der Waals surface area contributed by atoms with Crippen molar-refractivity contribution in [2.45, 2.75) is 26.9 Å². The fourth-order valence-electron chi connectivity index (χ4n) is 3.20. The zero-order valence-electron chi connectivity index (χ0n) is 17.7. The van der Waals surface area contributed by atoms with Gasteiger partial charge < -0.3 is 14.2 Å². The Kier molecular flexibility index (Phi) is 6.20. The van der Waals surface area contributed by atoms with E-state index < -0.39 is 12.1 Å². The molecular formula is C23H25N3O4. The van der Waals surface area contributed by atoms with E-state index in [1.54, 1.807) is 44.4 Å². The lowest BCUT2D eigenvalue weighted by molar-refractivity contribution is -0.155. The Morgan fingerprint density at radius 3 is 2.43 bits per heavy atom. The Labute approximate surface area is 175 Å². The van der Waals surface area contributed by atoms with E-state index in [-0.39, 0.29) is 5.91 Å². The van der Waals surface area contributed by atoms with E-state index in [1.807, 2.05) is 43.5 Å². The van der Waals surface area contributed by atoms with Gasteiger partial charge >= 0.3 is 5.97 Å². The van der Waals surface area contributed by atoms with Gasteiger partial charge in [-0.15, -0.1) is 0 Å². The molecule has 0 saturated carbocycles. The van der Waals surface area contributed by atoms with Crippen LogP contribution in [0.2, 0.25) is 0 Å². The molecule has 0 spiro atoms. The van der Waals surface area contributed by atoms with E-state index in [0.29, 0.717) is 11.4 Å². The summed E-state index contributed by atoms with van der Waals surface area (Å²) in [6, 6.07) is 12.8. The molecule has 2 heterocycles. The van der Waals surface area contributed by atoms with Gasteiger partial charge in [0, 0.05) is 43.2 Å². The Morgan fingerprint density at radius 2 is 1.83 bits per heavy atom. The molecule has 0 fully saturated rings. The van der Waals surface area contributed by atoms with Gasteiger partial charge in [-0.05, 0) is 38.5 Å². The average Bonchev–Trinajstić information content (AvgIpc) is 3.26. The average molecular weight is 407 g/mol. The summed E-state index contributed by atoms with van der Waals surface area (Å²) in [4.78, 5) is 26.4. The number of benzene rings is 1. The van der Waals surface area contributed by atoms with Crippen molar-refractivity contribution in [2.75, 3.05) is 14.1 Å². The normalized spacial score (nSPS) is 12.2. The highest BCUT2D eigenvalue weighted by atomic mass is 16.5. The number of aryl methyl sites for hydroxylation is 2. The lowest BCUT2D eigenvalue weighted by Crippen LogP contribution is -2.30. The van der Waals surface area contributed by atoms with E-state index in [1.165, 1.54) is 11.0 Å². The molecule has 2 aromatic heterocycles. The number of ether oxygens (including phenoxy) is 1. The molecule has 1 atom stereocenters. The Bertz CT molecular complexity index is 1080. The van der Waals surface area contributed by atoms with Crippen LogP contribution >= 0.6 is 0 Å². The van der Waals surface area contributed by atoms with E-state index in [9.17, 15) is 9.59 Å². The number of rotatable bonds is 6. The summed E-state index contributed by atoms with van der Waals surface area (Å²) in [6.07, 6.45) is 2.01. The van der Waals surface area contributed by atoms with Crippen LogP contribution in [0.25, 0.3) is 11.9 Å². The summed E-state index contributed by atoms with van der Waals surface area (Å²) in [6.45, 7) is 5.72. The molecule has 0 saturated heterocycles. The number of nitrogens with zero attached hydrogens (tertiary/aromatic N) is 3. The summed E-state index contributed by atoms with van der Waals surface area (Å²) < 4.78 is 12.6. The van der Waals surface area contributed by atoms with Gasteiger partial charge in [0.2, 0.25) is 6.10 Å². The molecule has 0 bridgehead atoms. The van der Waals surface area contributed by atoms with Crippen molar-refractivity contribution >= 4 is 18.0 Å². The highest BCUT2D eigenvalue weighted by molar-refractivity contribution is 5.91. The first-order valence-electron chi connectivity index (χ1n) is 9.55. The van der Waals surface area contributed by atoms with Crippen LogP contribution in [-0.2, 0) is 14.3 Å². The number of carbonyl (C=O) groups is 2.